The number of furan rings is 1. The topological polar surface area (TPSA) is 57.8 Å². The van der Waals surface area contributed by atoms with E-state index in [0.717, 1.165) is 22.3 Å². The molecule has 1 N–H and O–H groups in total. The van der Waals surface area contributed by atoms with Gasteiger partial charge in [-0.1, -0.05) is 23.4 Å². The highest BCUT2D eigenvalue weighted by molar-refractivity contribution is 8.14. The number of benzene rings is 1. The Hall–Kier alpha value is -2.18. The minimum atomic E-state index is -0.319. The summed E-state index contributed by atoms with van der Waals surface area (Å²) in [6.45, 7) is 6.52. The number of amidine groups is 1. The summed E-state index contributed by atoms with van der Waals surface area (Å²) < 4.78 is 5.23. The summed E-state index contributed by atoms with van der Waals surface area (Å²) in [4.78, 5) is 19.1. The maximum absolute atomic E-state index is 12.2. The van der Waals surface area contributed by atoms with Gasteiger partial charge in [0.1, 0.15) is 5.76 Å². The molecule has 7 heteroatoms. The number of thioether (sulfide) groups is 1. The van der Waals surface area contributed by atoms with Crippen LogP contribution in [0.5, 0.6) is 0 Å². The summed E-state index contributed by atoms with van der Waals surface area (Å²) in [6.07, 6.45) is 3.71. The summed E-state index contributed by atoms with van der Waals surface area (Å²) in [5.74, 6) is 0.929. The molecule has 1 aliphatic rings. The minimum absolute atomic E-state index is 0.0693. The Bertz CT molecular complexity index is 858. The Morgan fingerprint density at radius 2 is 2.04 bits per heavy atom. The third kappa shape index (κ3) is 5.17. The molecular weight excluding hydrogens is 382 g/mol. The Morgan fingerprint density at radius 1 is 1.30 bits per heavy atom. The first-order valence-electron chi connectivity index (χ1n) is 8.61. The van der Waals surface area contributed by atoms with Crippen molar-refractivity contribution in [3.05, 3.63) is 65.2 Å². The van der Waals surface area contributed by atoms with E-state index in [1.54, 1.807) is 12.3 Å². The van der Waals surface area contributed by atoms with E-state index in [9.17, 15) is 4.79 Å². The highest BCUT2D eigenvalue weighted by Gasteiger charge is 2.27. The van der Waals surface area contributed by atoms with Crippen molar-refractivity contribution >= 4 is 40.1 Å². The molecule has 0 aliphatic carbocycles. The molecule has 0 saturated carbocycles. The van der Waals surface area contributed by atoms with Gasteiger partial charge < -0.3 is 9.73 Å². The van der Waals surface area contributed by atoms with E-state index in [1.165, 1.54) is 11.8 Å². The van der Waals surface area contributed by atoms with Gasteiger partial charge in [-0.05, 0) is 63.2 Å². The first-order chi connectivity index (χ1) is 12.8. The lowest BCUT2D eigenvalue weighted by atomic mass is 10.0. The van der Waals surface area contributed by atoms with Gasteiger partial charge in [-0.15, -0.1) is 0 Å². The number of anilines is 1. The molecule has 1 amide bonds. The van der Waals surface area contributed by atoms with Crippen LogP contribution in [0, 0.1) is 0 Å². The lowest BCUT2D eigenvalue weighted by Gasteiger charge is -2.34. The molecule has 142 valence electrons. The number of nitrogens with zero attached hydrogens (tertiary/aromatic N) is 2. The second-order valence-corrected chi connectivity index (χ2v) is 8.17. The number of hydrogen-bond acceptors (Lipinski definition) is 5. The van der Waals surface area contributed by atoms with E-state index in [4.69, 9.17) is 21.0 Å². The van der Waals surface area contributed by atoms with Gasteiger partial charge in [0.05, 0.1) is 24.1 Å². The van der Waals surface area contributed by atoms with Crippen molar-refractivity contribution in [2.24, 2.45) is 4.99 Å². The first-order valence-corrected chi connectivity index (χ1v) is 9.97. The lowest BCUT2D eigenvalue weighted by Crippen LogP contribution is -2.36. The molecule has 0 unspecified atom stereocenters. The zero-order chi connectivity index (χ0) is 19.4. The van der Waals surface area contributed by atoms with Gasteiger partial charge in [0.15, 0.2) is 5.17 Å². The zero-order valence-electron chi connectivity index (χ0n) is 15.5. The van der Waals surface area contributed by atoms with Gasteiger partial charge in [-0.25, -0.2) is 0 Å². The number of amides is 1. The highest BCUT2D eigenvalue weighted by atomic mass is 35.5. The van der Waals surface area contributed by atoms with Crippen LogP contribution in [0.3, 0.4) is 0 Å². The molecule has 2 aromatic rings. The molecule has 0 radical (unpaired) electrons. The summed E-state index contributed by atoms with van der Waals surface area (Å²) in [7, 11) is 0. The van der Waals surface area contributed by atoms with E-state index >= 15 is 0 Å². The van der Waals surface area contributed by atoms with Crippen LogP contribution >= 0.6 is 23.4 Å². The molecule has 3 rings (SSSR count). The molecule has 0 atom stereocenters. The average Bonchev–Trinajstić information content (AvgIpc) is 3.12. The van der Waals surface area contributed by atoms with Gasteiger partial charge in [0.25, 0.3) is 0 Å². The monoisotopic (exact) mass is 403 g/mol. The maximum Gasteiger partial charge on any atom is 0.230 e. The second-order valence-electron chi connectivity index (χ2n) is 6.79. The van der Waals surface area contributed by atoms with Crippen LogP contribution in [-0.2, 0) is 11.3 Å². The zero-order valence-corrected chi connectivity index (χ0v) is 17.1. The molecule has 0 bridgehead atoms. The Balaban J connectivity index is 1.70. The molecule has 27 heavy (non-hydrogen) atoms. The fourth-order valence-corrected chi connectivity index (χ4v) is 4.00. The number of rotatable bonds is 5. The van der Waals surface area contributed by atoms with E-state index in [0.29, 0.717) is 11.6 Å². The standard InChI is InChI=1S/C20H22ClN3O2S/c1-14-11-20(2,3)23-19(24(14)16-8-6-15(21)7-9-16)27-13-18(25)22-12-17-5-4-10-26-17/h4-11H,12-13H2,1-3H3,(H,22,25). The van der Waals surface area contributed by atoms with Crippen molar-refractivity contribution in [2.75, 3.05) is 10.7 Å². The van der Waals surface area contributed by atoms with Crippen LogP contribution in [0.25, 0.3) is 0 Å². The SMILES string of the molecule is CC1=CC(C)(C)N=C(SCC(=O)NCc2ccco2)N1c1ccc(Cl)cc1. The van der Waals surface area contributed by atoms with Crippen molar-refractivity contribution in [3.8, 4) is 0 Å². The van der Waals surface area contributed by atoms with Gasteiger partial charge in [0.2, 0.25) is 5.91 Å². The number of nitrogens with one attached hydrogen (secondary N) is 1. The number of aliphatic imine (C=N–C) groups is 1. The Labute approximate surface area is 168 Å². The van der Waals surface area contributed by atoms with Crippen LogP contribution in [0.4, 0.5) is 5.69 Å². The van der Waals surface area contributed by atoms with Gasteiger partial charge >= 0.3 is 0 Å². The van der Waals surface area contributed by atoms with Crippen molar-refractivity contribution in [1.82, 2.24) is 5.32 Å². The van der Waals surface area contributed by atoms with E-state index < -0.39 is 0 Å². The van der Waals surface area contributed by atoms with Crippen LogP contribution in [0.2, 0.25) is 5.02 Å². The van der Waals surface area contributed by atoms with Gasteiger partial charge in [-0.2, -0.15) is 0 Å². The normalized spacial score (nSPS) is 15.9. The highest BCUT2D eigenvalue weighted by Crippen LogP contribution is 2.32. The van der Waals surface area contributed by atoms with Crippen LogP contribution < -0.4 is 10.2 Å². The van der Waals surface area contributed by atoms with E-state index in [2.05, 4.69) is 11.4 Å². The summed E-state index contributed by atoms with van der Waals surface area (Å²) in [5, 5.41) is 4.33. The molecule has 0 saturated heterocycles. The summed E-state index contributed by atoms with van der Waals surface area (Å²) in [5.41, 5.74) is 1.71. The molecular formula is C20H22ClN3O2S. The predicted molar refractivity (Wildman–Crippen MR) is 112 cm³/mol. The quantitative estimate of drug-likeness (QED) is 0.775. The van der Waals surface area contributed by atoms with Gasteiger partial charge in [0, 0.05) is 16.4 Å². The molecule has 1 aromatic heterocycles. The molecule has 2 heterocycles. The Morgan fingerprint density at radius 3 is 2.70 bits per heavy atom. The van der Waals surface area contributed by atoms with Crippen molar-refractivity contribution in [2.45, 2.75) is 32.9 Å². The molecule has 1 aromatic carbocycles. The lowest BCUT2D eigenvalue weighted by molar-refractivity contribution is -0.118. The fraction of sp³-hybridized carbons (Fsp3) is 0.300. The molecule has 0 spiro atoms. The van der Waals surface area contributed by atoms with E-state index in [-0.39, 0.29) is 17.2 Å². The largest absolute Gasteiger partial charge is 0.467 e. The van der Waals surface area contributed by atoms with Crippen molar-refractivity contribution in [3.63, 3.8) is 0 Å². The van der Waals surface area contributed by atoms with Crippen LogP contribution in [0.1, 0.15) is 26.5 Å². The third-order valence-corrected chi connectivity index (χ3v) is 5.14. The van der Waals surface area contributed by atoms with Crippen molar-refractivity contribution in [1.29, 1.82) is 0 Å². The summed E-state index contributed by atoms with van der Waals surface area (Å²) in [6, 6.07) is 11.2. The third-order valence-electron chi connectivity index (χ3n) is 3.95. The van der Waals surface area contributed by atoms with E-state index in [1.807, 2.05) is 56.0 Å². The maximum atomic E-state index is 12.2. The smallest absolute Gasteiger partial charge is 0.230 e. The predicted octanol–water partition coefficient (Wildman–Crippen LogP) is 4.84. The second kappa shape index (κ2) is 8.23. The molecule has 0 fully saturated rings. The number of halogens is 1. The van der Waals surface area contributed by atoms with Crippen LogP contribution in [0.15, 0.2) is 63.8 Å². The van der Waals surface area contributed by atoms with Crippen LogP contribution in [-0.4, -0.2) is 22.4 Å². The number of carbonyl (C=O) groups is 1. The minimum Gasteiger partial charge on any atom is -0.467 e. The number of hydrogen-bond donors (Lipinski definition) is 1. The number of allylic oxidation sites excluding steroid dienone is 1. The molecule has 5 nitrogen and oxygen atoms in total. The summed E-state index contributed by atoms with van der Waals surface area (Å²) >= 11 is 7.43. The fourth-order valence-electron chi connectivity index (χ4n) is 2.84. The average molecular weight is 404 g/mol. The number of carbonyl (C=O) groups excluding carboxylic acids is 1. The molecule has 1 aliphatic heterocycles. The van der Waals surface area contributed by atoms with Gasteiger partial charge in [-0.3, -0.25) is 14.7 Å². The Kier molecular flexibility index (Phi) is 5.97. The van der Waals surface area contributed by atoms with Crippen molar-refractivity contribution < 1.29 is 9.21 Å². The first kappa shape index (κ1) is 19.6.